The highest BCUT2D eigenvalue weighted by Crippen LogP contribution is 2.66. The van der Waals surface area contributed by atoms with Crippen molar-refractivity contribution in [1.29, 1.82) is 0 Å². The lowest BCUT2D eigenvalue weighted by Gasteiger charge is -2.63. The number of nitrogens with zero attached hydrogens (tertiary/aromatic N) is 1. The predicted octanol–water partition coefficient (Wildman–Crippen LogP) is 5.99. The monoisotopic (exact) mass is 495 g/mol. The molecule has 1 amide bonds. The highest BCUT2D eigenvalue weighted by Gasteiger charge is 2.70. The van der Waals surface area contributed by atoms with Gasteiger partial charge in [0.15, 0.2) is 8.32 Å². The van der Waals surface area contributed by atoms with Gasteiger partial charge in [-0.3, -0.25) is 0 Å². The van der Waals surface area contributed by atoms with Crippen molar-refractivity contribution in [2.45, 2.75) is 127 Å². The van der Waals surface area contributed by atoms with Crippen molar-refractivity contribution < 1.29 is 28.5 Å². The summed E-state index contributed by atoms with van der Waals surface area (Å²) in [6, 6.07) is 0. The molecule has 2 atom stereocenters. The van der Waals surface area contributed by atoms with Gasteiger partial charge in [-0.25, -0.2) is 4.79 Å². The minimum atomic E-state index is -1.88. The summed E-state index contributed by atoms with van der Waals surface area (Å²) in [5.74, 6) is -0.142. The van der Waals surface area contributed by atoms with E-state index in [2.05, 4.69) is 33.9 Å². The molecule has 6 rings (SSSR count). The molecule has 0 aromatic carbocycles. The Balaban J connectivity index is 1.27. The summed E-state index contributed by atoms with van der Waals surface area (Å²) in [7, 11) is -1.88. The molecular weight excluding hydrogens is 450 g/mol. The molecule has 2 saturated heterocycles. The smallest absolute Gasteiger partial charge is 0.410 e. The molecule has 0 N–H and O–H groups in total. The van der Waals surface area contributed by atoms with Crippen LogP contribution >= 0.6 is 0 Å². The van der Waals surface area contributed by atoms with Crippen LogP contribution in [0.4, 0.5) is 4.79 Å². The Morgan fingerprint density at radius 2 is 1.53 bits per heavy atom. The van der Waals surface area contributed by atoms with Crippen LogP contribution in [0.2, 0.25) is 18.1 Å². The van der Waals surface area contributed by atoms with Crippen molar-refractivity contribution in [2.75, 3.05) is 13.1 Å². The maximum atomic E-state index is 12.5. The van der Waals surface area contributed by atoms with Gasteiger partial charge in [0.05, 0.1) is 5.60 Å². The number of likely N-dealkylation sites (tertiary alicyclic amines) is 1. The van der Waals surface area contributed by atoms with Gasteiger partial charge in [-0.1, -0.05) is 20.8 Å². The number of hydrogen-bond acceptors (Lipinski definition) is 6. The van der Waals surface area contributed by atoms with E-state index in [0.717, 1.165) is 25.7 Å². The molecule has 2 unspecified atom stereocenters. The molecule has 0 aromatic heterocycles. The van der Waals surface area contributed by atoms with E-state index < -0.39 is 25.5 Å². The zero-order chi connectivity index (χ0) is 24.8. The van der Waals surface area contributed by atoms with Crippen molar-refractivity contribution in [3.63, 3.8) is 0 Å². The van der Waals surface area contributed by atoms with E-state index in [4.69, 9.17) is 23.7 Å². The lowest BCUT2D eigenvalue weighted by Crippen LogP contribution is -2.67. The van der Waals surface area contributed by atoms with Crippen molar-refractivity contribution in [2.24, 2.45) is 17.8 Å². The highest BCUT2D eigenvalue weighted by molar-refractivity contribution is 6.74. The average Bonchev–Trinajstić information content (AvgIpc) is 3.03. The van der Waals surface area contributed by atoms with E-state index in [0.29, 0.717) is 43.7 Å². The van der Waals surface area contributed by atoms with Crippen LogP contribution in [0.3, 0.4) is 0 Å². The maximum absolute atomic E-state index is 12.5. The average molecular weight is 496 g/mol. The maximum Gasteiger partial charge on any atom is 0.410 e. The molecular formula is C26H45NO6Si. The van der Waals surface area contributed by atoms with Gasteiger partial charge in [0.1, 0.15) is 5.60 Å². The van der Waals surface area contributed by atoms with Crippen LogP contribution in [0.1, 0.15) is 86.5 Å². The fourth-order valence-corrected chi connectivity index (χ4v) is 8.62. The van der Waals surface area contributed by atoms with Gasteiger partial charge in [0, 0.05) is 37.8 Å². The summed E-state index contributed by atoms with van der Waals surface area (Å²) in [6.45, 7) is 18.5. The standard InChI is InChI=1S/C26H45NO6Si/c1-22(2,3)29-21(28)27-11-9-25(10-12-27)30-26(32-31-25)19-13-18-14-20(26)17-24(15-18,16-19)33-34(7,8)23(4,5)6/h18-20H,9-17H2,1-8H3. The zero-order valence-electron chi connectivity index (χ0n) is 22.5. The van der Waals surface area contributed by atoms with Gasteiger partial charge in [-0.2, -0.15) is 9.78 Å². The molecule has 34 heavy (non-hydrogen) atoms. The number of piperidine rings is 1. The van der Waals surface area contributed by atoms with Gasteiger partial charge >= 0.3 is 6.09 Å². The van der Waals surface area contributed by atoms with Gasteiger partial charge in [-0.05, 0) is 76.9 Å². The molecule has 2 spiro atoms. The second kappa shape index (κ2) is 7.67. The minimum Gasteiger partial charge on any atom is -0.444 e. The van der Waals surface area contributed by atoms with Gasteiger partial charge in [0.25, 0.3) is 0 Å². The third-order valence-electron chi connectivity index (χ3n) is 9.40. The van der Waals surface area contributed by atoms with Crippen molar-refractivity contribution in [1.82, 2.24) is 4.90 Å². The number of hydrogen-bond donors (Lipinski definition) is 0. The number of ether oxygens (including phenoxy) is 2. The molecule has 2 aliphatic heterocycles. The molecule has 2 heterocycles. The Bertz CT molecular complexity index is 806. The summed E-state index contributed by atoms with van der Waals surface area (Å²) >= 11 is 0. The second-order valence-electron chi connectivity index (χ2n) is 14.3. The van der Waals surface area contributed by atoms with Crippen LogP contribution in [-0.2, 0) is 23.7 Å². The largest absolute Gasteiger partial charge is 0.444 e. The summed E-state index contributed by atoms with van der Waals surface area (Å²) in [5, 5.41) is 0.198. The normalized spacial score (nSPS) is 39.3. The van der Waals surface area contributed by atoms with Gasteiger partial charge in [-0.15, -0.1) is 0 Å². The molecule has 8 heteroatoms. The van der Waals surface area contributed by atoms with Crippen LogP contribution in [0.15, 0.2) is 0 Å². The second-order valence-corrected chi connectivity index (χ2v) is 19.0. The first kappa shape index (κ1) is 25.0. The van der Waals surface area contributed by atoms with Crippen molar-refractivity contribution >= 4 is 14.4 Å². The van der Waals surface area contributed by atoms with E-state index in [-0.39, 0.29) is 16.7 Å². The Kier molecular flexibility index (Phi) is 5.64. The summed E-state index contributed by atoms with van der Waals surface area (Å²) in [6.07, 6.45) is 6.36. The fourth-order valence-electron chi connectivity index (χ4n) is 6.98. The topological polar surface area (TPSA) is 66.5 Å². The van der Waals surface area contributed by atoms with E-state index >= 15 is 0 Å². The van der Waals surface area contributed by atoms with E-state index in [1.807, 2.05) is 20.8 Å². The number of carbonyl (C=O) groups excluding carboxylic acids is 1. The summed E-state index contributed by atoms with van der Waals surface area (Å²) < 4.78 is 19.6. The molecule has 4 aliphatic carbocycles. The minimum absolute atomic E-state index is 0.0344. The Morgan fingerprint density at radius 1 is 0.941 bits per heavy atom. The van der Waals surface area contributed by atoms with Crippen molar-refractivity contribution in [3.8, 4) is 0 Å². The van der Waals surface area contributed by atoms with Crippen LogP contribution < -0.4 is 0 Å². The first-order valence-corrected chi connectivity index (χ1v) is 16.2. The number of rotatable bonds is 2. The quantitative estimate of drug-likeness (QED) is 0.346. The first-order chi connectivity index (χ1) is 15.6. The molecule has 7 nitrogen and oxygen atoms in total. The molecule has 0 aromatic rings. The van der Waals surface area contributed by atoms with Crippen LogP contribution in [0.5, 0.6) is 0 Å². The molecule has 4 saturated carbocycles. The lowest BCUT2D eigenvalue weighted by molar-refractivity contribution is -0.396. The van der Waals surface area contributed by atoms with Gasteiger partial charge < -0.3 is 18.8 Å². The van der Waals surface area contributed by atoms with Crippen LogP contribution in [-0.4, -0.2) is 55.2 Å². The SMILES string of the molecule is CC(C)(C)OC(=O)N1CCC2(CC1)OOC1(O2)C2CC3CC1CC(O[Si](C)(C)C(C)(C)C)(C3)C2. The zero-order valence-corrected chi connectivity index (χ0v) is 23.5. The van der Waals surface area contributed by atoms with E-state index in [1.54, 1.807) is 4.90 Å². The van der Waals surface area contributed by atoms with Crippen LogP contribution in [0.25, 0.3) is 0 Å². The third-order valence-corrected chi connectivity index (χ3v) is 14.0. The highest BCUT2D eigenvalue weighted by atomic mass is 28.4. The molecule has 4 bridgehead atoms. The van der Waals surface area contributed by atoms with Crippen LogP contribution in [0, 0.1) is 17.8 Å². The molecule has 6 fully saturated rings. The predicted molar refractivity (Wildman–Crippen MR) is 130 cm³/mol. The van der Waals surface area contributed by atoms with Gasteiger partial charge in [0.2, 0.25) is 11.6 Å². The summed E-state index contributed by atoms with van der Waals surface area (Å²) in [5.41, 5.74) is -0.532. The van der Waals surface area contributed by atoms with E-state index in [1.165, 1.54) is 6.42 Å². The molecule has 194 valence electrons. The third kappa shape index (κ3) is 4.15. The van der Waals surface area contributed by atoms with E-state index in [9.17, 15) is 4.79 Å². The van der Waals surface area contributed by atoms with Crippen molar-refractivity contribution in [3.05, 3.63) is 0 Å². The lowest BCUT2D eigenvalue weighted by atomic mass is 9.51. The Labute approximate surface area is 206 Å². The molecule has 0 radical (unpaired) electrons. The summed E-state index contributed by atoms with van der Waals surface area (Å²) in [4.78, 5) is 26.5. The molecule has 6 aliphatic rings. The first-order valence-electron chi connectivity index (χ1n) is 13.3. The number of amides is 1. The number of carbonyl (C=O) groups is 1. The fraction of sp³-hybridized carbons (Fsp3) is 0.962. The Hall–Kier alpha value is -0.673. The Morgan fingerprint density at radius 3 is 2.06 bits per heavy atom.